The molecule has 1 fully saturated rings. The minimum Gasteiger partial charge on any atom is -0.497 e. The van der Waals surface area contributed by atoms with Crippen molar-refractivity contribution in [3.63, 3.8) is 0 Å². The van der Waals surface area contributed by atoms with Crippen LogP contribution in [-0.2, 0) is 19.1 Å². The largest absolute Gasteiger partial charge is 0.497 e. The monoisotopic (exact) mass is 992 g/mol. The zero-order valence-corrected chi connectivity index (χ0v) is 33.0. The van der Waals surface area contributed by atoms with Gasteiger partial charge in [0, 0.05) is 28.1 Å². The summed E-state index contributed by atoms with van der Waals surface area (Å²) in [5.74, 6) is -63.0. The van der Waals surface area contributed by atoms with Gasteiger partial charge in [-0.15, -0.1) is 0 Å². The lowest BCUT2D eigenvalue weighted by Gasteiger charge is -2.42. The Morgan fingerprint density at radius 2 is 1.32 bits per heavy atom. The van der Waals surface area contributed by atoms with Gasteiger partial charge in [-0.1, -0.05) is 15.9 Å². The van der Waals surface area contributed by atoms with E-state index in [0.29, 0.717) is 10.2 Å². The molecule has 2 heterocycles. The summed E-state index contributed by atoms with van der Waals surface area (Å²) in [6, 6.07) is 7.47. The van der Waals surface area contributed by atoms with Crippen molar-refractivity contribution in [2.75, 3.05) is 32.2 Å². The molecule has 0 spiro atoms. The van der Waals surface area contributed by atoms with Crippen LogP contribution in [0.15, 0.2) is 46.9 Å². The molecular weight excluding hydrogens is 963 g/mol. The SMILES string of the molecule is CCOC(=O)C1C2COc3ccc(Br)cc3C2N(C(=O)Nc2ccc(OC)cc2)C1(C)C(=O)OCCCC(F)(F)C(F)(F)C(F)(F)C(F)(F)C(F)(F)C(F)(F)C(F)(F)C(F)(F)F. The Labute approximate surface area is 346 Å². The van der Waals surface area contributed by atoms with Gasteiger partial charge in [0.25, 0.3) is 0 Å². The fourth-order valence-electron chi connectivity index (χ4n) is 6.87. The summed E-state index contributed by atoms with van der Waals surface area (Å²) in [6.45, 7) is -0.0788. The van der Waals surface area contributed by atoms with Gasteiger partial charge in [-0.3, -0.25) is 9.69 Å². The summed E-state index contributed by atoms with van der Waals surface area (Å²) >= 11 is 3.25. The third-order valence-corrected chi connectivity index (χ3v) is 10.6. The Kier molecular flexibility index (Phi) is 13.4. The van der Waals surface area contributed by atoms with Crippen LogP contribution < -0.4 is 14.8 Å². The molecule has 62 heavy (non-hydrogen) atoms. The number of halogens is 18. The number of urea groups is 1. The van der Waals surface area contributed by atoms with E-state index in [1.54, 1.807) is 0 Å². The molecule has 4 unspecified atom stereocenters. The highest BCUT2D eigenvalue weighted by atomic mass is 79.9. The molecule has 2 amide bonds. The van der Waals surface area contributed by atoms with E-state index in [1.165, 1.54) is 56.5 Å². The molecule has 1 N–H and O–H groups in total. The molecule has 2 aliphatic heterocycles. The minimum absolute atomic E-state index is 0.0604. The predicted octanol–water partition coefficient (Wildman–Crippen LogP) is 10.3. The van der Waals surface area contributed by atoms with Gasteiger partial charge in [0.1, 0.15) is 11.5 Å². The van der Waals surface area contributed by atoms with E-state index < -0.39 is 115 Å². The molecule has 0 aliphatic carbocycles. The lowest BCUT2D eigenvalue weighted by atomic mass is 9.78. The summed E-state index contributed by atoms with van der Waals surface area (Å²) < 4.78 is 255. The van der Waals surface area contributed by atoms with Gasteiger partial charge in [-0.25, -0.2) is 9.59 Å². The van der Waals surface area contributed by atoms with Gasteiger partial charge < -0.3 is 24.3 Å². The topological polar surface area (TPSA) is 103 Å². The van der Waals surface area contributed by atoms with Crippen molar-refractivity contribution in [3.05, 3.63) is 52.5 Å². The van der Waals surface area contributed by atoms with Crippen LogP contribution in [0.25, 0.3) is 0 Å². The van der Waals surface area contributed by atoms with Gasteiger partial charge in [0.2, 0.25) is 0 Å². The standard InChI is InChI=1S/C35H30BrF17N2O7/c1-4-60-24(56)22-20-15-62-21-11-6-16(36)14-19(21)23(20)55(26(58)54-17-7-9-18(59-3)10-8-17)27(22,2)25(57)61-13-5-12-28(37,38)29(39,40)30(41,42)31(43,44)32(45,46)33(47,48)34(49,50)35(51,52)53/h6-11,14,20,22-23H,4-5,12-13,15H2,1-3H3,(H,54,58). The Morgan fingerprint density at radius 1 is 0.790 bits per heavy atom. The maximum absolute atomic E-state index is 14.7. The number of benzene rings is 2. The second-order valence-corrected chi connectivity index (χ2v) is 14.8. The van der Waals surface area contributed by atoms with E-state index in [1.807, 2.05) is 0 Å². The maximum atomic E-state index is 14.7. The number of esters is 2. The lowest BCUT2D eigenvalue weighted by Crippen LogP contribution is -2.74. The maximum Gasteiger partial charge on any atom is 0.460 e. The summed E-state index contributed by atoms with van der Waals surface area (Å²) in [4.78, 5) is 42.7. The van der Waals surface area contributed by atoms with Gasteiger partial charge in [0.05, 0.1) is 38.9 Å². The predicted molar refractivity (Wildman–Crippen MR) is 179 cm³/mol. The van der Waals surface area contributed by atoms with E-state index in [2.05, 4.69) is 21.2 Å². The van der Waals surface area contributed by atoms with Crippen LogP contribution in [0, 0.1) is 11.8 Å². The number of nitrogens with one attached hydrogen (secondary N) is 1. The lowest BCUT2D eigenvalue weighted by molar-refractivity contribution is -0.461. The Morgan fingerprint density at radius 3 is 1.84 bits per heavy atom. The van der Waals surface area contributed by atoms with E-state index in [4.69, 9.17) is 18.9 Å². The number of carbonyl (C=O) groups is 3. The van der Waals surface area contributed by atoms with Crippen molar-refractivity contribution in [2.24, 2.45) is 11.8 Å². The van der Waals surface area contributed by atoms with E-state index in [-0.39, 0.29) is 23.6 Å². The fourth-order valence-corrected chi connectivity index (χ4v) is 7.25. The van der Waals surface area contributed by atoms with Crippen LogP contribution in [0.4, 0.5) is 85.1 Å². The van der Waals surface area contributed by atoms with Crippen molar-refractivity contribution >= 4 is 39.6 Å². The van der Waals surface area contributed by atoms with Crippen LogP contribution >= 0.6 is 15.9 Å². The smallest absolute Gasteiger partial charge is 0.460 e. The number of rotatable bonds is 15. The second-order valence-electron chi connectivity index (χ2n) is 13.9. The zero-order chi connectivity index (χ0) is 47.4. The van der Waals surface area contributed by atoms with Crippen molar-refractivity contribution < 1.29 is 108 Å². The van der Waals surface area contributed by atoms with Crippen molar-refractivity contribution in [3.8, 4) is 11.5 Å². The summed E-state index contributed by atoms with van der Waals surface area (Å²) in [6.07, 6.45) is -12.6. The first kappa shape index (κ1) is 50.2. The molecule has 0 saturated carbocycles. The number of likely N-dealkylation sites (tertiary alicyclic amines) is 1. The number of fused-ring (bicyclic) bond motifs is 3. The average molecular weight is 994 g/mol. The van der Waals surface area contributed by atoms with Crippen LogP contribution in [0.5, 0.6) is 11.5 Å². The van der Waals surface area contributed by atoms with Crippen molar-refractivity contribution in [1.29, 1.82) is 0 Å². The second kappa shape index (κ2) is 16.6. The van der Waals surface area contributed by atoms with Gasteiger partial charge in [0.15, 0.2) is 5.54 Å². The van der Waals surface area contributed by atoms with Crippen LogP contribution in [0.2, 0.25) is 0 Å². The van der Waals surface area contributed by atoms with E-state index >= 15 is 0 Å². The molecule has 27 heteroatoms. The number of ether oxygens (including phenoxy) is 4. The Hall–Kier alpha value is -4.46. The summed E-state index contributed by atoms with van der Waals surface area (Å²) in [5, 5.41) is 2.49. The summed E-state index contributed by atoms with van der Waals surface area (Å²) in [7, 11) is 1.33. The highest BCUT2D eigenvalue weighted by Gasteiger charge is 2.95. The number of carbonyl (C=O) groups excluding carboxylic acids is 3. The summed E-state index contributed by atoms with van der Waals surface area (Å²) in [5.41, 5.74) is -2.36. The number of methoxy groups -OCH3 is 1. The molecule has 1 saturated heterocycles. The Bertz CT molecular complexity index is 2000. The van der Waals surface area contributed by atoms with Crippen molar-refractivity contribution in [1.82, 2.24) is 4.90 Å². The van der Waals surface area contributed by atoms with Crippen LogP contribution in [-0.4, -0.2) is 103 Å². The van der Waals surface area contributed by atoms with E-state index in [0.717, 1.165) is 11.8 Å². The molecule has 2 aromatic carbocycles. The molecule has 4 rings (SSSR count). The number of nitrogens with zero attached hydrogens (tertiary/aromatic N) is 1. The third kappa shape index (κ3) is 7.80. The quantitative estimate of drug-likeness (QED) is 0.108. The van der Waals surface area contributed by atoms with Crippen molar-refractivity contribution in [2.45, 2.75) is 85.9 Å². The van der Waals surface area contributed by atoms with Gasteiger partial charge in [-0.2, -0.15) is 74.6 Å². The molecule has 0 radical (unpaired) electrons. The molecule has 4 atom stereocenters. The molecule has 2 aliphatic rings. The fraction of sp³-hybridized carbons (Fsp3) is 0.571. The molecule has 0 bridgehead atoms. The van der Waals surface area contributed by atoms with Gasteiger partial charge in [-0.05, 0) is 62.7 Å². The number of hydrogen-bond acceptors (Lipinski definition) is 7. The first-order valence-corrected chi connectivity index (χ1v) is 18.2. The molecule has 2 aromatic rings. The molecule has 0 aromatic heterocycles. The van der Waals surface area contributed by atoms with Crippen LogP contribution in [0.3, 0.4) is 0 Å². The molecule has 348 valence electrons. The third-order valence-electron chi connectivity index (χ3n) is 10.1. The first-order chi connectivity index (χ1) is 28.2. The average Bonchev–Trinajstić information content (AvgIpc) is 3.45. The molecular formula is C35H30BrF17N2O7. The zero-order valence-electron chi connectivity index (χ0n) is 31.4. The first-order valence-electron chi connectivity index (χ1n) is 17.4. The number of alkyl halides is 17. The van der Waals surface area contributed by atoms with Gasteiger partial charge >= 0.3 is 65.6 Å². The Balaban J connectivity index is 1.67. The number of hydrogen-bond donors (Lipinski definition) is 1. The van der Waals surface area contributed by atoms with Crippen LogP contribution in [0.1, 0.15) is 38.3 Å². The van der Waals surface area contributed by atoms with E-state index in [9.17, 15) is 89.0 Å². The number of anilines is 1. The highest BCUT2D eigenvalue weighted by Crippen LogP contribution is 2.64. The highest BCUT2D eigenvalue weighted by molar-refractivity contribution is 9.10. The normalized spacial score (nSPS) is 21.4. The minimum atomic E-state index is -8.78. The molecule has 9 nitrogen and oxygen atoms in total. The number of amides is 2.